The lowest BCUT2D eigenvalue weighted by atomic mass is 10.0. The Kier molecular flexibility index (Phi) is 4.89. The van der Waals surface area contributed by atoms with Gasteiger partial charge in [0.15, 0.2) is 11.5 Å². The second-order valence-electron chi connectivity index (χ2n) is 7.11. The molecule has 2 aliphatic rings. The number of fused-ring (bicyclic) bond motifs is 1. The van der Waals surface area contributed by atoms with Gasteiger partial charge in [-0.3, -0.25) is 4.79 Å². The molecule has 5 rings (SSSR count). The first kappa shape index (κ1) is 18.5. The molecule has 3 aromatic rings. The Bertz CT molecular complexity index is 1070. The van der Waals surface area contributed by atoms with Crippen molar-refractivity contribution in [1.29, 1.82) is 0 Å². The van der Waals surface area contributed by atoms with Gasteiger partial charge in [-0.25, -0.2) is 4.98 Å². The quantitative estimate of drug-likeness (QED) is 0.576. The third kappa shape index (κ3) is 3.58. The zero-order chi connectivity index (χ0) is 19.8. The van der Waals surface area contributed by atoms with Gasteiger partial charge in [0.05, 0.1) is 6.04 Å². The zero-order valence-corrected chi connectivity index (χ0v) is 17.2. The van der Waals surface area contributed by atoms with Gasteiger partial charge in [-0.05, 0) is 42.7 Å². The molecule has 0 aliphatic carbocycles. The van der Waals surface area contributed by atoms with Crippen molar-refractivity contribution in [1.82, 2.24) is 9.88 Å². The molecule has 1 unspecified atom stereocenters. The van der Waals surface area contributed by atoms with Gasteiger partial charge in [0.1, 0.15) is 23.9 Å². The highest BCUT2D eigenvalue weighted by Crippen LogP contribution is 2.39. The zero-order valence-electron chi connectivity index (χ0n) is 15.6. The summed E-state index contributed by atoms with van der Waals surface area (Å²) < 4.78 is 11.3. The summed E-state index contributed by atoms with van der Waals surface area (Å²) in [5.74, 6) is 1.48. The summed E-state index contributed by atoms with van der Waals surface area (Å²) in [6.45, 7) is 1.84. The maximum absolute atomic E-state index is 13.2. The molecule has 1 aromatic heterocycles. The Hall–Kier alpha value is -2.57. The van der Waals surface area contributed by atoms with Crippen LogP contribution in [0.4, 0.5) is 0 Å². The molecule has 2 aliphatic heterocycles. The number of thiazole rings is 1. The Morgan fingerprint density at radius 1 is 1.14 bits per heavy atom. The molecule has 5 nitrogen and oxygen atoms in total. The molecule has 7 heteroatoms. The molecular formula is C22H19ClN2O3S. The van der Waals surface area contributed by atoms with Crippen molar-refractivity contribution in [3.63, 3.8) is 0 Å². The largest absolute Gasteiger partial charge is 0.486 e. The SMILES string of the molecule is O=C(c1csc(-c2cccc(Cl)c2)n1)N1CCCC1c1ccc2c(c1)OCCO2. The molecule has 0 radical (unpaired) electrons. The molecule has 148 valence electrons. The smallest absolute Gasteiger partial charge is 0.273 e. The molecule has 1 atom stereocenters. The predicted molar refractivity (Wildman–Crippen MR) is 113 cm³/mol. The number of carbonyl (C=O) groups is 1. The standard InChI is InChI=1S/C22H19ClN2O3S/c23-16-4-1-3-15(11-16)21-24-17(13-29-21)22(26)25-8-2-5-18(25)14-6-7-19-20(12-14)28-10-9-27-19/h1,3-4,6-7,11-13,18H,2,5,8-10H2. The summed E-state index contributed by atoms with van der Waals surface area (Å²) in [7, 11) is 0. The van der Waals surface area contributed by atoms with Gasteiger partial charge < -0.3 is 14.4 Å². The van der Waals surface area contributed by atoms with Crippen LogP contribution in [-0.2, 0) is 0 Å². The Balaban J connectivity index is 1.39. The van der Waals surface area contributed by atoms with Gasteiger partial charge >= 0.3 is 0 Å². The topological polar surface area (TPSA) is 51.7 Å². The van der Waals surface area contributed by atoms with E-state index in [2.05, 4.69) is 4.98 Å². The van der Waals surface area contributed by atoms with Crippen LogP contribution in [0, 0.1) is 0 Å². The van der Waals surface area contributed by atoms with Crippen LogP contribution in [0.1, 0.15) is 34.9 Å². The van der Waals surface area contributed by atoms with Crippen molar-refractivity contribution in [3.05, 3.63) is 64.1 Å². The second kappa shape index (κ2) is 7.69. The van der Waals surface area contributed by atoms with Crippen LogP contribution in [0.2, 0.25) is 5.02 Å². The second-order valence-corrected chi connectivity index (χ2v) is 8.40. The van der Waals surface area contributed by atoms with E-state index in [1.54, 1.807) is 0 Å². The molecular weight excluding hydrogens is 408 g/mol. The van der Waals surface area contributed by atoms with Crippen LogP contribution < -0.4 is 9.47 Å². The third-order valence-corrected chi connectivity index (χ3v) is 6.39. The molecule has 3 heterocycles. The fourth-order valence-electron chi connectivity index (χ4n) is 3.90. The van der Waals surface area contributed by atoms with E-state index in [1.807, 2.05) is 52.7 Å². The van der Waals surface area contributed by atoms with Crippen LogP contribution in [0.15, 0.2) is 47.8 Å². The Morgan fingerprint density at radius 2 is 2.00 bits per heavy atom. The number of likely N-dealkylation sites (tertiary alicyclic amines) is 1. The normalized spacial score (nSPS) is 18.1. The van der Waals surface area contributed by atoms with E-state index in [0.717, 1.165) is 47.0 Å². The molecule has 1 fully saturated rings. The number of aromatic nitrogens is 1. The number of halogens is 1. The van der Waals surface area contributed by atoms with E-state index in [0.29, 0.717) is 23.9 Å². The molecule has 0 spiro atoms. The first-order chi connectivity index (χ1) is 14.2. The first-order valence-electron chi connectivity index (χ1n) is 9.61. The number of benzene rings is 2. The number of hydrogen-bond donors (Lipinski definition) is 0. The summed E-state index contributed by atoms with van der Waals surface area (Å²) in [4.78, 5) is 19.7. The summed E-state index contributed by atoms with van der Waals surface area (Å²) in [5, 5.41) is 3.28. The molecule has 1 saturated heterocycles. The number of carbonyl (C=O) groups excluding carboxylic acids is 1. The van der Waals surface area contributed by atoms with Crippen LogP contribution in [0.5, 0.6) is 11.5 Å². The summed E-state index contributed by atoms with van der Waals surface area (Å²) in [6, 6.07) is 13.5. The van der Waals surface area contributed by atoms with Crippen LogP contribution >= 0.6 is 22.9 Å². The van der Waals surface area contributed by atoms with Gasteiger partial charge in [-0.15, -0.1) is 11.3 Å². The lowest BCUT2D eigenvalue weighted by Gasteiger charge is -2.26. The maximum atomic E-state index is 13.2. The highest BCUT2D eigenvalue weighted by atomic mass is 35.5. The van der Waals surface area contributed by atoms with Crippen LogP contribution in [0.3, 0.4) is 0 Å². The van der Waals surface area contributed by atoms with E-state index >= 15 is 0 Å². The molecule has 1 amide bonds. The number of amides is 1. The average molecular weight is 427 g/mol. The number of nitrogens with zero attached hydrogens (tertiary/aromatic N) is 2. The maximum Gasteiger partial charge on any atom is 0.273 e. The van der Waals surface area contributed by atoms with E-state index in [4.69, 9.17) is 21.1 Å². The lowest BCUT2D eigenvalue weighted by Crippen LogP contribution is -2.30. The van der Waals surface area contributed by atoms with Gasteiger partial charge in [-0.2, -0.15) is 0 Å². The van der Waals surface area contributed by atoms with Gasteiger partial charge in [0.2, 0.25) is 0 Å². The Labute approximate surface area is 177 Å². The van der Waals surface area contributed by atoms with E-state index in [9.17, 15) is 4.79 Å². The highest BCUT2D eigenvalue weighted by molar-refractivity contribution is 7.13. The Morgan fingerprint density at radius 3 is 2.86 bits per heavy atom. The van der Waals surface area contributed by atoms with E-state index in [1.165, 1.54) is 11.3 Å². The van der Waals surface area contributed by atoms with E-state index in [-0.39, 0.29) is 11.9 Å². The molecule has 0 N–H and O–H groups in total. The summed E-state index contributed by atoms with van der Waals surface area (Å²) in [5.41, 5.74) is 2.48. The van der Waals surface area contributed by atoms with Crippen molar-refractivity contribution < 1.29 is 14.3 Å². The van der Waals surface area contributed by atoms with Crippen LogP contribution in [-0.4, -0.2) is 35.5 Å². The first-order valence-corrected chi connectivity index (χ1v) is 10.9. The number of rotatable bonds is 3. The minimum Gasteiger partial charge on any atom is -0.486 e. The minimum absolute atomic E-state index is 0.0228. The minimum atomic E-state index is -0.0353. The lowest BCUT2D eigenvalue weighted by molar-refractivity contribution is 0.0730. The van der Waals surface area contributed by atoms with E-state index < -0.39 is 0 Å². The average Bonchev–Trinajstić information content (AvgIpc) is 3.43. The highest BCUT2D eigenvalue weighted by Gasteiger charge is 2.32. The predicted octanol–water partition coefficient (Wildman–Crippen LogP) is 5.21. The van der Waals surface area contributed by atoms with Crippen molar-refractivity contribution in [3.8, 4) is 22.1 Å². The van der Waals surface area contributed by atoms with Gasteiger partial charge in [0, 0.05) is 22.5 Å². The monoisotopic (exact) mass is 426 g/mol. The van der Waals surface area contributed by atoms with Crippen molar-refractivity contribution in [2.24, 2.45) is 0 Å². The van der Waals surface area contributed by atoms with Crippen molar-refractivity contribution in [2.75, 3.05) is 19.8 Å². The number of hydrogen-bond acceptors (Lipinski definition) is 5. The molecule has 29 heavy (non-hydrogen) atoms. The third-order valence-electron chi connectivity index (χ3n) is 5.26. The fraction of sp³-hybridized carbons (Fsp3) is 0.273. The fourth-order valence-corrected chi connectivity index (χ4v) is 4.88. The molecule has 0 saturated carbocycles. The summed E-state index contributed by atoms with van der Waals surface area (Å²) in [6.07, 6.45) is 1.90. The molecule has 0 bridgehead atoms. The van der Waals surface area contributed by atoms with Crippen molar-refractivity contribution >= 4 is 28.8 Å². The van der Waals surface area contributed by atoms with Crippen LogP contribution in [0.25, 0.3) is 10.6 Å². The summed E-state index contributed by atoms with van der Waals surface area (Å²) >= 11 is 7.55. The molecule has 2 aromatic carbocycles. The van der Waals surface area contributed by atoms with Crippen molar-refractivity contribution in [2.45, 2.75) is 18.9 Å². The van der Waals surface area contributed by atoms with Gasteiger partial charge in [0.25, 0.3) is 5.91 Å². The van der Waals surface area contributed by atoms with Gasteiger partial charge in [-0.1, -0.05) is 29.8 Å². The number of ether oxygens (including phenoxy) is 2.